The predicted octanol–water partition coefficient (Wildman–Crippen LogP) is 4.23. The van der Waals surface area contributed by atoms with Crippen molar-refractivity contribution < 1.29 is 9.84 Å². The number of benzene rings is 1. The third-order valence-corrected chi connectivity index (χ3v) is 3.47. The van der Waals surface area contributed by atoms with Crippen LogP contribution in [0.4, 0.5) is 0 Å². The van der Waals surface area contributed by atoms with Gasteiger partial charge < -0.3 is 9.84 Å². The van der Waals surface area contributed by atoms with Gasteiger partial charge in [-0.3, -0.25) is 0 Å². The Morgan fingerprint density at radius 2 is 2.00 bits per heavy atom. The molecule has 0 radical (unpaired) electrons. The maximum Gasteiger partial charge on any atom is 0.0806 e. The van der Waals surface area contributed by atoms with Gasteiger partial charge in [-0.15, -0.1) is 0 Å². The third kappa shape index (κ3) is 4.47. The van der Waals surface area contributed by atoms with Crippen LogP contribution in [0.3, 0.4) is 0 Å². The summed E-state index contributed by atoms with van der Waals surface area (Å²) in [6.07, 6.45) is 0.713. The van der Waals surface area contributed by atoms with Crippen LogP contribution in [0.2, 0.25) is 10.0 Å². The first-order valence-corrected chi connectivity index (χ1v) is 6.29. The van der Waals surface area contributed by atoms with Crippen LogP contribution in [-0.2, 0) is 4.74 Å². The second kappa shape index (κ2) is 6.05. The van der Waals surface area contributed by atoms with Gasteiger partial charge in [0.15, 0.2) is 0 Å². The minimum atomic E-state index is -0.615. The van der Waals surface area contributed by atoms with Crippen LogP contribution in [0.25, 0.3) is 0 Å². The Morgan fingerprint density at radius 1 is 1.35 bits per heavy atom. The second-order valence-corrected chi connectivity index (χ2v) is 5.53. The summed E-state index contributed by atoms with van der Waals surface area (Å²) in [5.74, 6) is 0. The highest BCUT2D eigenvalue weighted by Crippen LogP contribution is 2.30. The van der Waals surface area contributed by atoms with E-state index in [1.165, 1.54) is 0 Å². The Morgan fingerprint density at radius 3 is 2.59 bits per heavy atom. The normalized spacial score (nSPS) is 13.8. The highest BCUT2D eigenvalue weighted by atomic mass is 35.5. The maximum absolute atomic E-state index is 10.1. The van der Waals surface area contributed by atoms with Gasteiger partial charge in [0.25, 0.3) is 0 Å². The van der Waals surface area contributed by atoms with Crippen LogP contribution in [0.5, 0.6) is 0 Å². The molecule has 0 bridgehead atoms. The fourth-order valence-corrected chi connectivity index (χ4v) is 1.94. The SMILES string of the molecule is COC(C)(C)CCC(O)c1cc(Cl)ccc1Cl. The molecule has 1 rings (SSSR count). The molecule has 0 heterocycles. The molecule has 1 aromatic carbocycles. The first-order valence-electron chi connectivity index (χ1n) is 5.54. The molecule has 2 nitrogen and oxygen atoms in total. The molecule has 0 aliphatic heterocycles. The molecule has 0 aliphatic rings. The second-order valence-electron chi connectivity index (χ2n) is 4.68. The van der Waals surface area contributed by atoms with Crippen molar-refractivity contribution in [2.24, 2.45) is 0 Å². The third-order valence-electron chi connectivity index (χ3n) is 2.89. The Kier molecular flexibility index (Phi) is 5.26. The van der Waals surface area contributed by atoms with Crippen molar-refractivity contribution in [3.63, 3.8) is 0 Å². The fourth-order valence-electron chi connectivity index (χ4n) is 1.51. The van der Waals surface area contributed by atoms with E-state index in [1.54, 1.807) is 25.3 Å². The van der Waals surface area contributed by atoms with E-state index in [-0.39, 0.29) is 5.60 Å². The highest BCUT2D eigenvalue weighted by Gasteiger charge is 2.20. The zero-order valence-electron chi connectivity index (χ0n) is 10.3. The van der Waals surface area contributed by atoms with Crippen molar-refractivity contribution in [1.82, 2.24) is 0 Å². The summed E-state index contributed by atoms with van der Waals surface area (Å²) in [7, 11) is 1.67. The largest absolute Gasteiger partial charge is 0.388 e. The number of aliphatic hydroxyl groups excluding tert-OH is 1. The van der Waals surface area contributed by atoms with E-state index < -0.39 is 6.10 Å². The average Bonchev–Trinajstić information content (AvgIpc) is 2.29. The zero-order chi connectivity index (χ0) is 13.1. The Hall–Kier alpha value is -0.280. The lowest BCUT2D eigenvalue weighted by molar-refractivity contribution is 0.00280. The number of hydrogen-bond donors (Lipinski definition) is 1. The summed E-state index contributed by atoms with van der Waals surface area (Å²) in [6.45, 7) is 3.97. The van der Waals surface area contributed by atoms with Crippen molar-refractivity contribution in [1.29, 1.82) is 0 Å². The fraction of sp³-hybridized carbons (Fsp3) is 0.538. The number of methoxy groups -OCH3 is 1. The van der Waals surface area contributed by atoms with Gasteiger partial charge in [0.05, 0.1) is 11.7 Å². The van der Waals surface area contributed by atoms with E-state index in [0.29, 0.717) is 22.0 Å². The highest BCUT2D eigenvalue weighted by molar-refractivity contribution is 6.33. The Balaban J connectivity index is 2.70. The molecule has 4 heteroatoms. The van der Waals surface area contributed by atoms with Gasteiger partial charge in [-0.25, -0.2) is 0 Å². The molecule has 0 aliphatic carbocycles. The Bertz CT molecular complexity index is 378. The van der Waals surface area contributed by atoms with Crippen LogP contribution >= 0.6 is 23.2 Å². The molecule has 1 N–H and O–H groups in total. The first kappa shape index (κ1) is 14.8. The quantitative estimate of drug-likeness (QED) is 0.872. The van der Waals surface area contributed by atoms with Gasteiger partial charge in [0, 0.05) is 22.7 Å². The number of hydrogen-bond acceptors (Lipinski definition) is 2. The van der Waals surface area contributed by atoms with E-state index in [1.807, 2.05) is 13.8 Å². The van der Waals surface area contributed by atoms with Gasteiger partial charge in [-0.05, 0) is 44.9 Å². The zero-order valence-corrected chi connectivity index (χ0v) is 11.8. The summed E-state index contributed by atoms with van der Waals surface area (Å²) in [6, 6.07) is 5.11. The summed E-state index contributed by atoms with van der Waals surface area (Å²) in [5, 5.41) is 11.2. The molecule has 0 amide bonds. The molecule has 17 heavy (non-hydrogen) atoms. The van der Waals surface area contributed by atoms with E-state index in [9.17, 15) is 5.11 Å². The minimum absolute atomic E-state index is 0.244. The topological polar surface area (TPSA) is 29.5 Å². The molecular formula is C13H18Cl2O2. The van der Waals surface area contributed by atoms with Crippen LogP contribution < -0.4 is 0 Å². The van der Waals surface area contributed by atoms with Crippen LogP contribution in [0.15, 0.2) is 18.2 Å². The van der Waals surface area contributed by atoms with Crippen molar-refractivity contribution >= 4 is 23.2 Å². The lowest BCUT2D eigenvalue weighted by atomic mass is 9.96. The van der Waals surface area contributed by atoms with E-state index >= 15 is 0 Å². The molecule has 0 spiro atoms. The molecule has 96 valence electrons. The molecule has 0 saturated heterocycles. The Labute approximate surface area is 113 Å². The summed E-state index contributed by atoms with van der Waals surface area (Å²) in [4.78, 5) is 0. The summed E-state index contributed by atoms with van der Waals surface area (Å²) in [5.41, 5.74) is 0.428. The maximum atomic E-state index is 10.1. The first-order chi connectivity index (χ1) is 7.85. The lowest BCUT2D eigenvalue weighted by Crippen LogP contribution is -2.23. The van der Waals surface area contributed by atoms with E-state index in [4.69, 9.17) is 27.9 Å². The van der Waals surface area contributed by atoms with Gasteiger partial charge in [0.1, 0.15) is 0 Å². The van der Waals surface area contributed by atoms with Gasteiger partial charge in [-0.1, -0.05) is 23.2 Å². The van der Waals surface area contributed by atoms with E-state index in [0.717, 1.165) is 6.42 Å². The van der Waals surface area contributed by atoms with Crippen molar-refractivity contribution in [2.45, 2.75) is 38.4 Å². The predicted molar refractivity (Wildman–Crippen MR) is 71.7 cm³/mol. The van der Waals surface area contributed by atoms with Gasteiger partial charge in [-0.2, -0.15) is 0 Å². The van der Waals surface area contributed by atoms with E-state index in [2.05, 4.69) is 0 Å². The average molecular weight is 277 g/mol. The molecule has 1 atom stereocenters. The number of aliphatic hydroxyl groups is 1. The number of rotatable bonds is 5. The summed E-state index contributed by atoms with van der Waals surface area (Å²) >= 11 is 11.9. The lowest BCUT2D eigenvalue weighted by Gasteiger charge is -2.24. The molecule has 1 aromatic rings. The van der Waals surface area contributed by atoms with Crippen molar-refractivity contribution in [3.8, 4) is 0 Å². The number of ether oxygens (including phenoxy) is 1. The standard InChI is InChI=1S/C13H18Cl2O2/c1-13(2,17-3)7-6-12(16)10-8-9(14)4-5-11(10)15/h4-5,8,12,16H,6-7H2,1-3H3. The van der Waals surface area contributed by atoms with Crippen LogP contribution in [0.1, 0.15) is 38.4 Å². The van der Waals surface area contributed by atoms with Crippen molar-refractivity contribution in [2.75, 3.05) is 7.11 Å². The molecular weight excluding hydrogens is 259 g/mol. The van der Waals surface area contributed by atoms with Gasteiger partial charge >= 0.3 is 0 Å². The number of halogens is 2. The van der Waals surface area contributed by atoms with Crippen LogP contribution in [-0.4, -0.2) is 17.8 Å². The molecule has 0 fully saturated rings. The molecule has 0 saturated carbocycles. The minimum Gasteiger partial charge on any atom is -0.388 e. The van der Waals surface area contributed by atoms with Crippen molar-refractivity contribution in [3.05, 3.63) is 33.8 Å². The summed E-state index contributed by atoms with van der Waals surface area (Å²) < 4.78 is 5.31. The van der Waals surface area contributed by atoms with Gasteiger partial charge in [0.2, 0.25) is 0 Å². The van der Waals surface area contributed by atoms with Crippen LogP contribution in [0, 0.1) is 0 Å². The molecule has 0 aromatic heterocycles. The monoisotopic (exact) mass is 276 g/mol. The molecule has 1 unspecified atom stereocenters. The smallest absolute Gasteiger partial charge is 0.0806 e.